The summed E-state index contributed by atoms with van der Waals surface area (Å²) in [6.45, 7) is 5.73. The summed E-state index contributed by atoms with van der Waals surface area (Å²) in [6, 6.07) is 15.2. The molecule has 0 atom stereocenters. The first-order chi connectivity index (χ1) is 13.4. The Kier molecular flexibility index (Phi) is 5.54. The van der Waals surface area contributed by atoms with Gasteiger partial charge in [0.15, 0.2) is 5.69 Å². The molecule has 1 heterocycles. The summed E-state index contributed by atoms with van der Waals surface area (Å²) >= 11 is 0. The zero-order valence-electron chi connectivity index (χ0n) is 16.4. The number of carbonyl (C=O) groups excluding carboxylic acids is 2. The van der Waals surface area contributed by atoms with Crippen molar-refractivity contribution in [1.29, 1.82) is 0 Å². The Hall–Kier alpha value is -3.48. The van der Waals surface area contributed by atoms with Gasteiger partial charge >= 0.3 is 0 Å². The molecule has 1 aromatic heterocycles. The molecular formula is C21H23N5O2. The van der Waals surface area contributed by atoms with Crippen LogP contribution < -0.4 is 5.32 Å². The molecule has 0 saturated carbocycles. The Morgan fingerprint density at radius 1 is 1.07 bits per heavy atom. The predicted molar refractivity (Wildman–Crippen MR) is 107 cm³/mol. The van der Waals surface area contributed by atoms with Crippen molar-refractivity contribution in [2.75, 3.05) is 12.4 Å². The lowest BCUT2D eigenvalue weighted by atomic mass is 10.1. The second-order valence-electron chi connectivity index (χ2n) is 6.76. The second kappa shape index (κ2) is 8.04. The lowest BCUT2D eigenvalue weighted by Gasteiger charge is -2.17. The first-order valence-corrected chi connectivity index (χ1v) is 8.97. The molecule has 0 aliphatic heterocycles. The molecule has 0 bridgehead atoms. The van der Waals surface area contributed by atoms with E-state index in [2.05, 4.69) is 15.6 Å². The van der Waals surface area contributed by atoms with Crippen molar-refractivity contribution in [3.8, 4) is 5.69 Å². The van der Waals surface area contributed by atoms with Gasteiger partial charge in [0.05, 0.1) is 11.4 Å². The average molecular weight is 377 g/mol. The number of rotatable bonds is 5. The molecular weight excluding hydrogens is 354 g/mol. The number of nitrogens with zero attached hydrogens (tertiary/aromatic N) is 4. The standard InChI is InChI=1S/C21H23N5O2/c1-14-9-11-18(12-10-14)26-15(2)20(23-24-26)21(28)22-19-8-6-5-7-17(19)13-25(4)16(3)27/h5-12H,13H2,1-4H3,(H,22,28). The van der Waals surface area contributed by atoms with Gasteiger partial charge in [0.2, 0.25) is 5.91 Å². The maximum absolute atomic E-state index is 12.8. The minimum absolute atomic E-state index is 0.0435. The quantitative estimate of drug-likeness (QED) is 0.741. The van der Waals surface area contributed by atoms with E-state index in [0.717, 1.165) is 16.8 Å². The van der Waals surface area contributed by atoms with Crippen LogP contribution in [0.1, 0.15) is 34.2 Å². The number of anilines is 1. The molecule has 0 spiro atoms. The van der Waals surface area contributed by atoms with Crippen LogP contribution in [0.15, 0.2) is 48.5 Å². The summed E-state index contributed by atoms with van der Waals surface area (Å²) in [7, 11) is 1.72. The first kappa shape index (κ1) is 19.3. The molecule has 0 aliphatic rings. The van der Waals surface area contributed by atoms with Crippen molar-refractivity contribution < 1.29 is 9.59 Å². The van der Waals surface area contributed by atoms with Crippen LogP contribution in [-0.4, -0.2) is 38.8 Å². The molecule has 3 aromatic rings. The number of amides is 2. The van der Waals surface area contributed by atoms with Crippen LogP contribution in [0.4, 0.5) is 5.69 Å². The minimum Gasteiger partial charge on any atom is -0.342 e. The highest BCUT2D eigenvalue weighted by Crippen LogP contribution is 2.19. The number of hydrogen-bond donors (Lipinski definition) is 1. The molecule has 144 valence electrons. The summed E-state index contributed by atoms with van der Waals surface area (Å²) in [5.41, 5.74) is 4.39. The highest BCUT2D eigenvalue weighted by Gasteiger charge is 2.19. The van der Waals surface area contributed by atoms with Crippen molar-refractivity contribution in [3.63, 3.8) is 0 Å². The molecule has 3 rings (SSSR count). The van der Waals surface area contributed by atoms with Crippen LogP contribution in [0, 0.1) is 13.8 Å². The fraction of sp³-hybridized carbons (Fsp3) is 0.238. The first-order valence-electron chi connectivity index (χ1n) is 8.97. The number of aryl methyl sites for hydroxylation is 1. The smallest absolute Gasteiger partial charge is 0.278 e. The molecule has 2 amide bonds. The second-order valence-corrected chi connectivity index (χ2v) is 6.76. The Labute approximate surface area is 164 Å². The van der Waals surface area contributed by atoms with Gasteiger partial charge in [-0.15, -0.1) is 5.10 Å². The van der Waals surface area contributed by atoms with E-state index in [1.165, 1.54) is 6.92 Å². The monoisotopic (exact) mass is 377 g/mol. The Morgan fingerprint density at radius 3 is 2.43 bits per heavy atom. The fourth-order valence-corrected chi connectivity index (χ4v) is 2.80. The van der Waals surface area contributed by atoms with Gasteiger partial charge < -0.3 is 10.2 Å². The number of aromatic nitrogens is 3. The van der Waals surface area contributed by atoms with Gasteiger partial charge in [0, 0.05) is 26.2 Å². The number of carbonyl (C=O) groups is 2. The van der Waals surface area contributed by atoms with Gasteiger partial charge in [0.25, 0.3) is 5.91 Å². The highest BCUT2D eigenvalue weighted by molar-refractivity contribution is 6.04. The van der Waals surface area contributed by atoms with Crippen LogP contribution in [0.5, 0.6) is 0 Å². The van der Waals surface area contributed by atoms with Crippen molar-refractivity contribution in [1.82, 2.24) is 19.9 Å². The van der Waals surface area contributed by atoms with Crippen LogP contribution >= 0.6 is 0 Å². The largest absolute Gasteiger partial charge is 0.342 e. The fourth-order valence-electron chi connectivity index (χ4n) is 2.80. The molecule has 0 radical (unpaired) electrons. The summed E-state index contributed by atoms with van der Waals surface area (Å²) in [5, 5.41) is 11.1. The Balaban J connectivity index is 1.83. The average Bonchev–Trinajstić information content (AvgIpc) is 3.05. The van der Waals surface area contributed by atoms with Crippen molar-refractivity contribution in [3.05, 3.63) is 71.0 Å². The Morgan fingerprint density at radius 2 is 1.75 bits per heavy atom. The number of hydrogen-bond acceptors (Lipinski definition) is 4. The van der Waals surface area contributed by atoms with E-state index in [1.807, 2.05) is 56.3 Å². The van der Waals surface area contributed by atoms with Crippen molar-refractivity contribution >= 4 is 17.5 Å². The maximum Gasteiger partial charge on any atom is 0.278 e. The zero-order valence-corrected chi connectivity index (χ0v) is 16.4. The highest BCUT2D eigenvalue weighted by atomic mass is 16.2. The van der Waals surface area contributed by atoms with Gasteiger partial charge in [-0.1, -0.05) is 41.1 Å². The van der Waals surface area contributed by atoms with Gasteiger partial charge in [-0.25, -0.2) is 4.68 Å². The SMILES string of the molecule is CC(=O)N(C)Cc1ccccc1NC(=O)c1nnn(-c2ccc(C)cc2)c1C. The van der Waals surface area contributed by atoms with Gasteiger partial charge in [-0.05, 0) is 37.6 Å². The zero-order chi connectivity index (χ0) is 20.3. The normalized spacial score (nSPS) is 10.6. The van der Waals surface area contributed by atoms with E-state index < -0.39 is 0 Å². The van der Waals surface area contributed by atoms with Crippen molar-refractivity contribution in [2.24, 2.45) is 0 Å². The molecule has 0 aliphatic carbocycles. The van der Waals surface area contributed by atoms with E-state index in [1.54, 1.807) is 22.7 Å². The van der Waals surface area contributed by atoms with E-state index in [9.17, 15) is 9.59 Å². The van der Waals surface area contributed by atoms with Crippen LogP contribution in [0.3, 0.4) is 0 Å². The van der Waals surface area contributed by atoms with Crippen LogP contribution in [0.25, 0.3) is 5.69 Å². The lowest BCUT2D eigenvalue weighted by molar-refractivity contribution is -0.128. The van der Waals surface area contributed by atoms with E-state index in [0.29, 0.717) is 17.9 Å². The molecule has 0 unspecified atom stereocenters. The molecule has 7 heteroatoms. The summed E-state index contributed by atoms with van der Waals surface area (Å²) < 4.78 is 1.64. The molecule has 1 N–H and O–H groups in total. The topological polar surface area (TPSA) is 80.1 Å². The van der Waals surface area contributed by atoms with E-state index in [-0.39, 0.29) is 17.5 Å². The van der Waals surface area contributed by atoms with Crippen LogP contribution in [-0.2, 0) is 11.3 Å². The predicted octanol–water partition coefficient (Wildman–Crippen LogP) is 3.11. The molecule has 2 aromatic carbocycles. The molecule has 0 saturated heterocycles. The number of para-hydroxylation sites is 1. The van der Waals surface area contributed by atoms with Gasteiger partial charge in [0.1, 0.15) is 0 Å². The van der Waals surface area contributed by atoms with E-state index >= 15 is 0 Å². The minimum atomic E-state index is -0.339. The third-order valence-electron chi connectivity index (χ3n) is 4.60. The summed E-state index contributed by atoms with van der Waals surface area (Å²) in [5.74, 6) is -0.383. The maximum atomic E-state index is 12.8. The van der Waals surface area contributed by atoms with Crippen LogP contribution in [0.2, 0.25) is 0 Å². The van der Waals surface area contributed by atoms with Crippen molar-refractivity contribution in [2.45, 2.75) is 27.3 Å². The van der Waals surface area contributed by atoms with Gasteiger partial charge in [-0.2, -0.15) is 0 Å². The molecule has 0 fully saturated rings. The lowest BCUT2D eigenvalue weighted by Crippen LogP contribution is -2.24. The summed E-state index contributed by atoms with van der Waals surface area (Å²) in [4.78, 5) is 25.9. The number of benzene rings is 2. The third-order valence-corrected chi connectivity index (χ3v) is 4.60. The Bertz CT molecular complexity index is 1010. The third kappa shape index (κ3) is 4.09. The van der Waals surface area contributed by atoms with E-state index in [4.69, 9.17) is 0 Å². The molecule has 28 heavy (non-hydrogen) atoms. The van der Waals surface area contributed by atoms with Gasteiger partial charge in [-0.3, -0.25) is 9.59 Å². The number of nitrogens with one attached hydrogen (secondary N) is 1. The molecule has 7 nitrogen and oxygen atoms in total. The summed E-state index contributed by atoms with van der Waals surface area (Å²) in [6.07, 6.45) is 0.